The van der Waals surface area contributed by atoms with Crippen molar-refractivity contribution in [3.63, 3.8) is 0 Å². The summed E-state index contributed by atoms with van der Waals surface area (Å²) in [5.74, 6) is 2.68. The van der Waals surface area contributed by atoms with Gasteiger partial charge in [0, 0.05) is 43.0 Å². The van der Waals surface area contributed by atoms with Gasteiger partial charge < -0.3 is 19.5 Å². The van der Waals surface area contributed by atoms with E-state index < -0.39 is 5.60 Å². The molecule has 1 aromatic carbocycles. The fraction of sp³-hybridized carbons (Fsp3) is 0.731. The first-order valence-electron chi connectivity index (χ1n) is 12.4. The monoisotopic (exact) mass is 438 g/mol. The molecule has 5 aliphatic carbocycles. The number of hydrogen-bond donors (Lipinski definition) is 1. The predicted octanol–water partition coefficient (Wildman–Crippen LogP) is 2.81. The number of likely N-dealkylation sites (tertiary alicyclic amines) is 1. The molecule has 6 heteroatoms. The number of carbonyl (C=O) groups is 1. The van der Waals surface area contributed by atoms with Crippen LogP contribution in [0.4, 0.5) is 0 Å². The Morgan fingerprint density at radius 3 is 2.81 bits per heavy atom. The van der Waals surface area contributed by atoms with E-state index in [4.69, 9.17) is 14.2 Å². The zero-order valence-electron chi connectivity index (χ0n) is 19.4. The third kappa shape index (κ3) is 2.08. The minimum Gasteiger partial charge on any atom is -0.493 e. The number of nitrogens with zero attached hydrogens (tertiary/aromatic N) is 1. The van der Waals surface area contributed by atoms with Crippen LogP contribution in [0, 0.1) is 11.3 Å². The van der Waals surface area contributed by atoms with E-state index in [0.717, 1.165) is 56.1 Å². The molecule has 2 spiro atoms. The summed E-state index contributed by atoms with van der Waals surface area (Å²) in [6, 6.07) is 4.86. The van der Waals surface area contributed by atoms with Crippen LogP contribution in [0.15, 0.2) is 12.1 Å². The summed E-state index contributed by atoms with van der Waals surface area (Å²) in [5.41, 5.74) is 2.39. The van der Waals surface area contributed by atoms with Crippen molar-refractivity contribution in [2.45, 2.75) is 81.1 Å². The van der Waals surface area contributed by atoms with E-state index in [0.29, 0.717) is 6.04 Å². The lowest BCUT2D eigenvalue weighted by molar-refractivity contribution is -0.263. The number of hydrogen-bond acceptors (Lipinski definition) is 5. The van der Waals surface area contributed by atoms with Crippen molar-refractivity contribution in [1.29, 1.82) is 0 Å². The van der Waals surface area contributed by atoms with Crippen LogP contribution in [0.1, 0.15) is 56.6 Å². The van der Waals surface area contributed by atoms with Crippen LogP contribution in [-0.2, 0) is 21.4 Å². The Kier molecular flexibility index (Phi) is 3.81. The minimum atomic E-state index is -0.505. The van der Waals surface area contributed by atoms with E-state index in [1.54, 1.807) is 14.0 Å². The van der Waals surface area contributed by atoms with Crippen molar-refractivity contribution in [3.8, 4) is 11.5 Å². The molecular formula is C26H34N2O4. The average molecular weight is 439 g/mol. The van der Waals surface area contributed by atoms with Crippen molar-refractivity contribution in [2.24, 2.45) is 11.3 Å². The fourth-order valence-corrected chi connectivity index (χ4v) is 8.95. The SMILES string of the molecule is COc1ccc2c3c1O[C@H]1[C@@]4(OC)CC[C@@]5(C[C@H]4NC(C)=O)[C@@H](C2)N(CC2CC2)CC[C@]315. The van der Waals surface area contributed by atoms with Gasteiger partial charge in [0.2, 0.25) is 5.91 Å². The molecule has 1 N–H and O–H groups in total. The largest absolute Gasteiger partial charge is 0.493 e. The number of fused-ring (bicyclic) bond motifs is 2. The number of carbonyl (C=O) groups excluding carboxylic acids is 1. The molecular weight excluding hydrogens is 404 g/mol. The summed E-state index contributed by atoms with van der Waals surface area (Å²) in [5, 5.41) is 3.31. The Bertz CT molecular complexity index is 1010. The van der Waals surface area contributed by atoms with Gasteiger partial charge in [0.1, 0.15) is 11.7 Å². The lowest BCUT2D eigenvalue weighted by Gasteiger charge is -2.73. The summed E-state index contributed by atoms with van der Waals surface area (Å²) in [7, 11) is 3.55. The van der Waals surface area contributed by atoms with E-state index >= 15 is 0 Å². The van der Waals surface area contributed by atoms with Gasteiger partial charge in [0.15, 0.2) is 11.5 Å². The molecule has 5 fully saturated rings. The highest BCUT2D eigenvalue weighted by Gasteiger charge is 2.80. The first-order chi connectivity index (χ1) is 15.5. The van der Waals surface area contributed by atoms with Crippen LogP contribution in [0.2, 0.25) is 0 Å². The number of rotatable bonds is 5. The number of ether oxygens (including phenoxy) is 3. The molecule has 2 aliphatic heterocycles. The normalized spacial score (nSPS) is 42.9. The fourth-order valence-electron chi connectivity index (χ4n) is 8.95. The zero-order valence-corrected chi connectivity index (χ0v) is 19.4. The van der Waals surface area contributed by atoms with Gasteiger partial charge in [-0.15, -0.1) is 0 Å². The Labute approximate surface area is 190 Å². The second-order valence-electron chi connectivity index (χ2n) is 11.3. The molecule has 172 valence electrons. The quantitative estimate of drug-likeness (QED) is 0.766. The van der Waals surface area contributed by atoms with Crippen molar-refractivity contribution < 1.29 is 19.0 Å². The van der Waals surface area contributed by atoms with E-state index in [2.05, 4.69) is 22.3 Å². The molecule has 7 aliphatic rings. The van der Waals surface area contributed by atoms with Crippen molar-refractivity contribution in [3.05, 3.63) is 23.3 Å². The number of amides is 1. The van der Waals surface area contributed by atoms with Crippen molar-refractivity contribution >= 4 is 5.91 Å². The average Bonchev–Trinajstić information content (AvgIpc) is 3.52. The first kappa shape index (κ1) is 19.7. The summed E-state index contributed by atoms with van der Waals surface area (Å²) >= 11 is 0. The molecule has 0 unspecified atom stereocenters. The molecule has 1 saturated heterocycles. The van der Waals surface area contributed by atoms with Gasteiger partial charge in [-0.2, -0.15) is 0 Å². The van der Waals surface area contributed by atoms with Gasteiger partial charge in [0.05, 0.1) is 13.2 Å². The zero-order chi connectivity index (χ0) is 21.9. The highest BCUT2D eigenvalue weighted by atomic mass is 16.6. The van der Waals surface area contributed by atoms with Crippen molar-refractivity contribution in [1.82, 2.24) is 10.2 Å². The lowest BCUT2D eigenvalue weighted by atomic mass is 9.35. The van der Waals surface area contributed by atoms with E-state index in [1.165, 1.54) is 30.5 Å². The third-order valence-electron chi connectivity index (χ3n) is 10.2. The van der Waals surface area contributed by atoms with Crippen LogP contribution in [-0.4, -0.2) is 61.9 Å². The standard InChI is InChI=1S/C26H34N2O4/c1-15(29)27-19-13-24-8-9-26(19,31-3)23-25(24)10-11-28(14-16-4-5-16)20(24)12-17-6-7-18(30-2)22(32-23)21(17)25/h6-7,16,19-20,23H,4-5,8-14H2,1-3H3,(H,27,29)/t19-,20-,23-,24-,25+,26-/m1/s1. The molecule has 1 aromatic rings. The van der Waals surface area contributed by atoms with Crippen LogP contribution in [0.5, 0.6) is 11.5 Å². The first-order valence-corrected chi connectivity index (χ1v) is 12.4. The van der Waals surface area contributed by atoms with Gasteiger partial charge in [-0.1, -0.05) is 6.07 Å². The van der Waals surface area contributed by atoms with E-state index in [-0.39, 0.29) is 28.9 Å². The maximum absolute atomic E-state index is 12.3. The van der Waals surface area contributed by atoms with Gasteiger partial charge in [0.25, 0.3) is 0 Å². The molecule has 2 heterocycles. The van der Waals surface area contributed by atoms with Crippen LogP contribution < -0.4 is 14.8 Å². The molecule has 6 atom stereocenters. The molecule has 1 amide bonds. The smallest absolute Gasteiger partial charge is 0.217 e. The Morgan fingerprint density at radius 2 is 2.09 bits per heavy atom. The molecule has 0 aromatic heterocycles. The second kappa shape index (κ2) is 6.20. The minimum absolute atomic E-state index is 0.0222. The van der Waals surface area contributed by atoms with Crippen LogP contribution in [0.3, 0.4) is 0 Å². The molecule has 0 radical (unpaired) electrons. The van der Waals surface area contributed by atoms with E-state index in [9.17, 15) is 4.79 Å². The van der Waals surface area contributed by atoms with Gasteiger partial charge in [-0.05, 0) is 69.0 Å². The molecule has 4 saturated carbocycles. The number of nitrogens with one attached hydrogen (secondary N) is 1. The van der Waals surface area contributed by atoms with Crippen LogP contribution in [0.25, 0.3) is 0 Å². The highest BCUT2D eigenvalue weighted by molar-refractivity contribution is 5.74. The predicted molar refractivity (Wildman–Crippen MR) is 119 cm³/mol. The molecule has 4 bridgehead atoms. The van der Waals surface area contributed by atoms with Gasteiger partial charge >= 0.3 is 0 Å². The number of methoxy groups -OCH3 is 2. The molecule has 32 heavy (non-hydrogen) atoms. The maximum Gasteiger partial charge on any atom is 0.217 e. The number of benzene rings is 1. The number of piperidine rings is 1. The summed E-state index contributed by atoms with van der Waals surface area (Å²) in [6.45, 7) is 3.99. The van der Waals surface area contributed by atoms with Gasteiger partial charge in [-0.25, -0.2) is 0 Å². The molecule has 8 rings (SSSR count). The van der Waals surface area contributed by atoms with E-state index in [1.807, 2.05) is 7.11 Å². The highest BCUT2D eigenvalue weighted by Crippen LogP contribution is 2.75. The summed E-state index contributed by atoms with van der Waals surface area (Å²) < 4.78 is 19.1. The van der Waals surface area contributed by atoms with Gasteiger partial charge in [-0.3, -0.25) is 9.69 Å². The molecule has 6 nitrogen and oxygen atoms in total. The van der Waals surface area contributed by atoms with Crippen LogP contribution >= 0.6 is 0 Å². The topological polar surface area (TPSA) is 60.0 Å². The summed E-state index contributed by atoms with van der Waals surface area (Å²) in [6.07, 6.45) is 7.89. The second-order valence-corrected chi connectivity index (χ2v) is 11.3. The maximum atomic E-state index is 12.3. The van der Waals surface area contributed by atoms with Crippen molar-refractivity contribution in [2.75, 3.05) is 27.3 Å². The Morgan fingerprint density at radius 1 is 1.25 bits per heavy atom. The third-order valence-corrected chi connectivity index (χ3v) is 10.2. The summed E-state index contributed by atoms with van der Waals surface area (Å²) in [4.78, 5) is 15.1. The Hall–Kier alpha value is -1.79. The Balaban J connectivity index is 1.46. The lowest BCUT2D eigenvalue weighted by Crippen LogP contribution is -2.83.